The molecule has 0 aliphatic carbocycles. The normalized spacial score (nSPS) is 12.5. The highest BCUT2D eigenvalue weighted by Gasteiger charge is 2.21. The Bertz CT molecular complexity index is 601. The van der Waals surface area contributed by atoms with E-state index >= 15 is 0 Å². The van der Waals surface area contributed by atoms with Gasteiger partial charge < -0.3 is 10.6 Å². The topological polar surface area (TPSA) is 78.5 Å². The molecule has 2 N–H and O–H groups in total. The van der Waals surface area contributed by atoms with E-state index in [9.17, 15) is 13.2 Å². The van der Waals surface area contributed by atoms with Gasteiger partial charge in [0.1, 0.15) is 0 Å². The maximum absolute atomic E-state index is 12.4. The quantitative estimate of drug-likeness (QED) is 0.688. The summed E-state index contributed by atoms with van der Waals surface area (Å²) in [5.74, 6) is -0.207. The van der Waals surface area contributed by atoms with Gasteiger partial charge in [0.15, 0.2) is 0 Å². The standard InChI is InChI=1S/C16H27N3O3S.ClH/c1-5-17-13(4)12-18-16(20)14-8-10-15(11-9-14)23(21,22)19(6-2)7-3;/h8-11,13,17H,5-7,12H2,1-4H3,(H,18,20);1H/t13-;/m1./s1. The van der Waals surface area contributed by atoms with Crippen LogP contribution < -0.4 is 10.6 Å². The van der Waals surface area contributed by atoms with Crippen LogP contribution in [-0.4, -0.2) is 50.9 Å². The Hall–Kier alpha value is -1.15. The number of carbonyl (C=O) groups excluding carboxylic acids is 1. The Morgan fingerprint density at radius 2 is 1.67 bits per heavy atom. The Morgan fingerprint density at radius 1 is 1.12 bits per heavy atom. The number of benzene rings is 1. The molecule has 1 atom stereocenters. The number of hydrogen-bond donors (Lipinski definition) is 2. The van der Waals surface area contributed by atoms with E-state index in [1.807, 2.05) is 13.8 Å². The van der Waals surface area contributed by atoms with E-state index in [0.29, 0.717) is 25.2 Å². The number of halogens is 1. The van der Waals surface area contributed by atoms with Crippen molar-refractivity contribution in [3.63, 3.8) is 0 Å². The van der Waals surface area contributed by atoms with Gasteiger partial charge in [0.25, 0.3) is 5.91 Å². The van der Waals surface area contributed by atoms with Crippen molar-refractivity contribution in [1.82, 2.24) is 14.9 Å². The highest BCUT2D eigenvalue weighted by atomic mass is 35.5. The van der Waals surface area contributed by atoms with E-state index in [0.717, 1.165) is 6.54 Å². The van der Waals surface area contributed by atoms with Gasteiger partial charge in [-0.25, -0.2) is 8.42 Å². The van der Waals surface area contributed by atoms with Gasteiger partial charge in [-0.2, -0.15) is 4.31 Å². The number of amides is 1. The molecule has 0 aliphatic heterocycles. The van der Waals surface area contributed by atoms with Crippen molar-refractivity contribution in [2.75, 3.05) is 26.2 Å². The molecule has 0 unspecified atom stereocenters. The molecule has 1 aromatic rings. The highest BCUT2D eigenvalue weighted by Crippen LogP contribution is 2.16. The maximum atomic E-state index is 12.4. The van der Waals surface area contributed by atoms with Crippen molar-refractivity contribution in [2.45, 2.75) is 38.6 Å². The second-order valence-corrected chi connectivity index (χ2v) is 7.22. The molecule has 138 valence electrons. The largest absolute Gasteiger partial charge is 0.350 e. The molecule has 24 heavy (non-hydrogen) atoms. The van der Waals surface area contributed by atoms with E-state index in [1.165, 1.54) is 16.4 Å². The molecule has 0 spiro atoms. The molecule has 0 saturated carbocycles. The molecule has 0 aliphatic rings. The summed E-state index contributed by atoms with van der Waals surface area (Å²) >= 11 is 0. The first-order valence-corrected chi connectivity index (χ1v) is 9.42. The average molecular weight is 378 g/mol. The Balaban J connectivity index is 0.00000529. The second-order valence-electron chi connectivity index (χ2n) is 5.28. The summed E-state index contributed by atoms with van der Waals surface area (Å²) < 4.78 is 26.1. The number of nitrogens with zero attached hydrogens (tertiary/aromatic N) is 1. The fourth-order valence-corrected chi connectivity index (χ4v) is 3.72. The third-order valence-electron chi connectivity index (χ3n) is 3.58. The summed E-state index contributed by atoms with van der Waals surface area (Å²) in [7, 11) is -3.49. The molecule has 8 heteroatoms. The van der Waals surface area contributed by atoms with E-state index in [1.54, 1.807) is 26.0 Å². The average Bonchev–Trinajstić information content (AvgIpc) is 2.54. The van der Waals surface area contributed by atoms with E-state index < -0.39 is 10.0 Å². The summed E-state index contributed by atoms with van der Waals surface area (Å²) in [6.07, 6.45) is 0. The Morgan fingerprint density at radius 3 is 2.12 bits per heavy atom. The van der Waals surface area contributed by atoms with E-state index in [2.05, 4.69) is 10.6 Å². The van der Waals surface area contributed by atoms with Crippen LogP contribution in [0.25, 0.3) is 0 Å². The van der Waals surface area contributed by atoms with Crippen LogP contribution in [0.5, 0.6) is 0 Å². The van der Waals surface area contributed by atoms with Crippen LogP contribution in [0.4, 0.5) is 0 Å². The lowest BCUT2D eigenvalue weighted by Gasteiger charge is -2.18. The van der Waals surface area contributed by atoms with Gasteiger partial charge in [-0.05, 0) is 37.7 Å². The number of carbonyl (C=O) groups is 1. The van der Waals surface area contributed by atoms with Crippen LogP contribution in [0.1, 0.15) is 38.1 Å². The van der Waals surface area contributed by atoms with Crippen molar-refractivity contribution in [3.05, 3.63) is 29.8 Å². The maximum Gasteiger partial charge on any atom is 0.251 e. The predicted molar refractivity (Wildman–Crippen MR) is 99.3 cm³/mol. The molecule has 0 fully saturated rings. The molecule has 1 amide bonds. The summed E-state index contributed by atoms with van der Waals surface area (Å²) in [6.45, 7) is 9.80. The van der Waals surface area contributed by atoms with E-state index in [-0.39, 0.29) is 29.3 Å². The molecule has 6 nitrogen and oxygen atoms in total. The Kier molecular flexibility index (Phi) is 10.1. The van der Waals surface area contributed by atoms with Crippen molar-refractivity contribution >= 4 is 28.3 Å². The highest BCUT2D eigenvalue weighted by molar-refractivity contribution is 7.89. The fourth-order valence-electron chi connectivity index (χ4n) is 2.26. The van der Waals surface area contributed by atoms with Gasteiger partial charge in [-0.15, -0.1) is 12.4 Å². The van der Waals surface area contributed by atoms with Crippen LogP contribution in [0.2, 0.25) is 0 Å². The first kappa shape index (κ1) is 22.9. The minimum absolute atomic E-state index is 0. The van der Waals surface area contributed by atoms with Crippen molar-refractivity contribution in [3.8, 4) is 0 Å². The summed E-state index contributed by atoms with van der Waals surface area (Å²) in [5, 5.41) is 6.03. The molecule has 1 aromatic carbocycles. The number of hydrogen-bond acceptors (Lipinski definition) is 4. The first-order valence-electron chi connectivity index (χ1n) is 7.98. The lowest BCUT2D eigenvalue weighted by atomic mass is 10.2. The molecule has 0 aromatic heterocycles. The molecule has 0 bridgehead atoms. The zero-order chi connectivity index (χ0) is 17.5. The minimum atomic E-state index is -3.49. The summed E-state index contributed by atoms with van der Waals surface area (Å²) in [6, 6.07) is 6.24. The lowest BCUT2D eigenvalue weighted by Crippen LogP contribution is -2.38. The number of rotatable bonds is 9. The Labute approximate surface area is 151 Å². The zero-order valence-electron chi connectivity index (χ0n) is 14.7. The summed E-state index contributed by atoms with van der Waals surface area (Å²) in [5.41, 5.74) is 0.451. The van der Waals surface area contributed by atoms with Crippen LogP contribution in [0.15, 0.2) is 29.2 Å². The molecule has 0 saturated heterocycles. The monoisotopic (exact) mass is 377 g/mol. The third-order valence-corrected chi connectivity index (χ3v) is 5.65. The lowest BCUT2D eigenvalue weighted by molar-refractivity contribution is 0.0950. The van der Waals surface area contributed by atoms with Crippen LogP contribution in [0, 0.1) is 0 Å². The molecule has 0 radical (unpaired) electrons. The van der Waals surface area contributed by atoms with Gasteiger partial charge in [0, 0.05) is 31.2 Å². The predicted octanol–water partition coefficient (Wildman–Crippen LogP) is 1.87. The van der Waals surface area contributed by atoms with Crippen LogP contribution >= 0.6 is 12.4 Å². The molecule has 0 heterocycles. The number of sulfonamides is 1. The number of likely N-dealkylation sites (N-methyl/N-ethyl adjacent to an activating group) is 1. The second kappa shape index (κ2) is 10.7. The summed E-state index contributed by atoms with van der Waals surface area (Å²) in [4.78, 5) is 12.3. The molecular weight excluding hydrogens is 350 g/mol. The minimum Gasteiger partial charge on any atom is -0.350 e. The smallest absolute Gasteiger partial charge is 0.251 e. The molecule has 1 rings (SSSR count). The van der Waals surface area contributed by atoms with Gasteiger partial charge in [0.2, 0.25) is 10.0 Å². The van der Waals surface area contributed by atoms with Crippen molar-refractivity contribution < 1.29 is 13.2 Å². The first-order chi connectivity index (χ1) is 10.9. The van der Waals surface area contributed by atoms with Crippen LogP contribution in [-0.2, 0) is 10.0 Å². The van der Waals surface area contributed by atoms with Crippen LogP contribution in [0.3, 0.4) is 0 Å². The van der Waals surface area contributed by atoms with Gasteiger partial charge in [-0.1, -0.05) is 20.8 Å². The zero-order valence-corrected chi connectivity index (χ0v) is 16.3. The SMILES string of the molecule is CCN[C@H](C)CNC(=O)c1ccc(S(=O)(=O)N(CC)CC)cc1.Cl. The third kappa shape index (κ3) is 6.05. The van der Waals surface area contributed by atoms with Gasteiger partial charge in [-0.3, -0.25) is 4.79 Å². The molecular formula is C16H28ClN3O3S. The van der Waals surface area contributed by atoms with E-state index in [4.69, 9.17) is 0 Å². The number of nitrogens with one attached hydrogen (secondary N) is 2. The van der Waals surface area contributed by atoms with Gasteiger partial charge in [0.05, 0.1) is 4.90 Å². The van der Waals surface area contributed by atoms with Crippen molar-refractivity contribution in [2.24, 2.45) is 0 Å². The van der Waals surface area contributed by atoms with Crippen molar-refractivity contribution in [1.29, 1.82) is 0 Å². The fraction of sp³-hybridized carbons (Fsp3) is 0.562. The van der Waals surface area contributed by atoms with Gasteiger partial charge >= 0.3 is 0 Å².